The van der Waals surface area contributed by atoms with Crippen LogP contribution in [0.3, 0.4) is 0 Å². The largest absolute Gasteiger partial charge is 0.507 e. The lowest BCUT2D eigenvalue weighted by molar-refractivity contribution is -0.123. The van der Waals surface area contributed by atoms with Crippen LogP contribution < -0.4 is 14.9 Å². The molecule has 0 aliphatic carbocycles. The molecule has 0 bridgehead atoms. The molecule has 132 valence electrons. The number of nitrogens with one attached hydrogen (secondary N) is 1. The second-order valence-corrected chi connectivity index (χ2v) is 5.67. The van der Waals surface area contributed by atoms with E-state index in [-0.39, 0.29) is 18.3 Å². The molecule has 0 aliphatic heterocycles. The van der Waals surface area contributed by atoms with Crippen molar-refractivity contribution < 1.29 is 19.4 Å². The number of hydrogen-bond donors (Lipinski definition) is 2. The molecule has 0 spiro atoms. The summed E-state index contributed by atoms with van der Waals surface area (Å²) in [5.41, 5.74) is 5.43. The van der Waals surface area contributed by atoms with Gasteiger partial charge in [-0.1, -0.05) is 12.1 Å². The van der Waals surface area contributed by atoms with E-state index in [0.29, 0.717) is 22.8 Å². The Morgan fingerprint density at radius 1 is 1.20 bits per heavy atom. The molecule has 2 aromatic rings. The molecule has 0 aliphatic rings. The van der Waals surface area contributed by atoms with Crippen molar-refractivity contribution in [2.75, 3.05) is 13.7 Å². The topological polar surface area (TPSA) is 80.2 Å². The van der Waals surface area contributed by atoms with Crippen LogP contribution in [0, 0.1) is 13.8 Å². The van der Waals surface area contributed by atoms with Crippen molar-refractivity contribution >= 4 is 11.6 Å². The lowest BCUT2D eigenvalue weighted by Gasteiger charge is -2.10. The number of aryl methyl sites for hydroxylation is 2. The molecule has 2 rings (SSSR count). The van der Waals surface area contributed by atoms with E-state index in [4.69, 9.17) is 9.47 Å². The third-order valence-corrected chi connectivity index (χ3v) is 3.65. The number of hydrazone groups is 1. The van der Waals surface area contributed by atoms with E-state index in [2.05, 4.69) is 10.5 Å². The van der Waals surface area contributed by atoms with E-state index >= 15 is 0 Å². The first-order valence-electron chi connectivity index (χ1n) is 7.81. The van der Waals surface area contributed by atoms with E-state index in [1.54, 1.807) is 19.1 Å². The van der Waals surface area contributed by atoms with Crippen LogP contribution in [-0.2, 0) is 4.79 Å². The van der Waals surface area contributed by atoms with Crippen LogP contribution in [-0.4, -0.2) is 30.4 Å². The van der Waals surface area contributed by atoms with Crippen molar-refractivity contribution in [3.05, 3.63) is 53.1 Å². The Kier molecular flexibility index (Phi) is 6.00. The van der Waals surface area contributed by atoms with Crippen LogP contribution in [0.25, 0.3) is 0 Å². The van der Waals surface area contributed by atoms with Crippen LogP contribution in [0.4, 0.5) is 0 Å². The smallest absolute Gasteiger partial charge is 0.277 e. The highest BCUT2D eigenvalue weighted by molar-refractivity contribution is 6.01. The van der Waals surface area contributed by atoms with Crippen molar-refractivity contribution in [3.8, 4) is 17.2 Å². The molecule has 25 heavy (non-hydrogen) atoms. The number of carbonyl (C=O) groups excluding carboxylic acids is 1. The van der Waals surface area contributed by atoms with Gasteiger partial charge in [0.25, 0.3) is 5.91 Å². The van der Waals surface area contributed by atoms with Crippen molar-refractivity contribution in [2.24, 2.45) is 5.10 Å². The maximum Gasteiger partial charge on any atom is 0.277 e. The van der Waals surface area contributed by atoms with E-state index in [9.17, 15) is 9.90 Å². The summed E-state index contributed by atoms with van der Waals surface area (Å²) in [4.78, 5) is 11.9. The predicted molar refractivity (Wildman–Crippen MR) is 96.4 cm³/mol. The van der Waals surface area contributed by atoms with E-state index < -0.39 is 0 Å². The van der Waals surface area contributed by atoms with Gasteiger partial charge in [0.1, 0.15) is 17.2 Å². The van der Waals surface area contributed by atoms with Crippen LogP contribution >= 0.6 is 0 Å². The average Bonchev–Trinajstić information content (AvgIpc) is 2.60. The van der Waals surface area contributed by atoms with Gasteiger partial charge < -0.3 is 14.6 Å². The molecular formula is C19H22N2O4. The number of phenolic OH excluding ortho intramolecular Hbond substituents is 1. The summed E-state index contributed by atoms with van der Waals surface area (Å²) in [6, 6.07) is 10.7. The number of ether oxygens (including phenoxy) is 2. The van der Waals surface area contributed by atoms with Gasteiger partial charge in [0.2, 0.25) is 0 Å². The first-order valence-corrected chi connectivity index (χ1v) is 7.81. The third kappa shape index (κ3) is 4.97. The third-order valence-electron chi connectivity index (χ3n) is 3.65. The van der Waals surface area contributed by atoms with Gasteiger partial charge in [-0.25, -0.2) is 5.43 Å². The summed E-state index contributed by atoms with van der Waals surface area (Å²) >= 11 is 0. The predicted octanol–water partition coefficient (Wildman–Crippen LogP) is 2.94. The van der Waals surface area contributed by atoms with E-state index in [1.807, 2.05) is 32.0 Å². The average molecular weight is 342 g/mol. The van der Waals surface area contributed by atoms with Crippen molar-refractivity contribution in [3.63, 3.8) is 0 Å². The first kappa shape index (κ1) is 18.3. The molecule has 6 heteroatoms. The van der Waals surface area contributed by atoms with Gasteiger partial charge >= 0.3 is 0 Å². The number of hydrogen-bond acceptors (Lipinski definition) is 5. The summed E-state index contributed by atoms with van der Waals surface area (Å²) < 4.78 is 10.6. The number of benzene rings is 2. The Balaban J connectivity index is 1.96. The van der Waals surface area contributed by atoms with Crippen LogP contribution in [0.1, 0.15) is 23.6 Å². The quantitative estimate of drug-likeness (QED) is 0.625. The zero-order valence-electron chi connectivity index (χ0n) is 14.8. The summed E-state index contributed by atoms with van der Waals surface area (Å²) in [5.74, 6) is 0.860. The molecule has 0 radical (unpaired) electrons. The number of rotatable bonds is 6. The Hall–Kier alpha value is -3.02. The number of carbonyl (C=O) groups is 1. The van der Waals surface area contributed by atoms with Crippen LogP contribution in [0.2, 0.25) is 0 Å². The highest BCUT2D eigenvalue weighted by Gasteiger charge is 2.08. The van der Waals surface area contributed by atoms with Gasteiger partial charge in [-0.05, 0) is 50.1 Å². The van der Waals surface area contributed by atoms with Gasteiger partial charge in [-0.3, -0.25) is 4.79 Å². The minimum atomic E-state index is -0.381. The zero-order chi connectivity index (χ0) is 18.4. The highest BCUT2D eigenvalue weighted by atomic mass is 16.5. The van der Waals surface area contributed by atoms with Crippen molar-refractivity contribution in [1.82, 2.24) is 5.43 Å². The molecule has 0 heterocycles. The summed E-state index contributed by atoms with van der Waals surface area (Å²) in [6.07, 6.45) is 0. The maximum absolute atomic E-state index is 11.9. The summed E-state index contributed by atoms with van der Waals surface area (Å²) in [7, 11) is 1.52. The molecule has 2 aromatic carbocycles. The SMILES string of the molecule is COc1ccc(C(C)=NNC(=O)COc2cc(C)ccc2C)c(O)c1. The molecular weight excluding hydrogens is 320 g/mol. The fourth-order valence-corrected chi connectivity index (χ4v) is 2.19. The number of nitrogens with zero attached hydrogens (tertiary/aromatic N) is 1. The molecule has 0 aromatic heterocycles. The van der Waals surface area contributed by atoms with Gasteiger partial charge in [0.15, 0.2) is 6.61 Å². The second kappa shape index (κ2) is 8.19. The van der Waals surface area contributed by atoms with Gasteiger partial charge in [-0.15, -0.1) is 0 Å². The number of aromatic hydroxyl groups is 1. The Morgan fingerprint density at radius 3 is 2.64 bits per heavy atom. The normalized spacial score (nSPS) is 11.1. The Labute approximate surface area is 147 Å². The minimum absolute atomic E-state index is 0.0292. The number of methoxy groups -OCH3 is 1. The number of phenols is 1. The molecule has 0 saturated carbocycles. The molecule has 0 atom stereocenters. The zero-order valence-corrected chi connectivity index (χ0v) is 14.8. The molecule has 1 amide bonds. The molecule has 6 nitrogen and oxygen atoms in total. The molecule has 0 fully saturated rings. The van der Waals surface area contributed by atoms with Crippen molar-refractivity contribution in [2.45, 2.75) is 20.8 Å². The molecule has 0 saturated heterocycles. The summed E-state index contributed by atoms with van der Waals surface area (Å²) in [5, 5.41) is 14.0. The Bertz CT molecular complexity index is 800. The second-order valence-electron chi connectivity index (χ2n) is 5.67. The monoisotopic (exact) mass is 342 g/mol. The van der Waals surface area contributed by atoms with Crippen LogP contribution in [0.5, 0.6) is 17.2 Å². The lowest BCUT2D eigenvalue weighted by atomic mass is 10.1. The highest BCUT2D eigenvalue weighted by Crippen LogP contribution is 2.23. The summed E-state index contributed by atoms with van der Waals surface area (Å²) in [6.45, 7) is 5.42. The first-order chi connectivity index (χ1) is 11.9. The van der Waals surface area contributed by atoms with E-state index in [1.165, 1.54) is 13.2 Å². The fourth-order valence-electron chi connectivity index (χ4n) is 2.19. The standard InChI is InChI=1S/C19H22N2O4/c1-12-5-6-13(2)18(9-12)25-11-19(23)21-20-14(3)16-8-7-15(24-4)10-17(16)22/h5-10,22H,11H2,1-4H3,(H,21,23). The fraction of sp³-hybridized carbons (Fsp3) is 0.263. The number of amides is 1. The van der Waals surface area contributed by atoms with Gasteiger partial charge in [0.05, 0.1) is 12.8 Å². The van der Waals surface area contributed by atoms with Gasteiger partial charge in [0, 0.05) is 11.6 Å². The van der Waals surface area contributed by atoms with E-state index in [0.717, 1.165) is 11.1 Å². The van der Waals surface area contributed by atoms with Crippen molar-refractivity contribution in [1.29, 1.82) is 0 Å². The minimum Gasteiger partial charge on any atom is -0.507 e. The maximum atomic E-state index is 11.9. The van der Waals surface area contributed by atoms with Crippen LogP contribution in [0.15, 0.2) is 41.5 Å². The lowest BCUT2D eigenvalue weighted by Crippen LogP contribution is -2.25. The van der Waals surface area contributed by atoms with Gasteiger partial charge in [-0.2, -0.15) is 5.10 Å². The Morgan fingerprint density at radius 2 is 1.96 bits per heavy atom. The molecule has 2 N–H and O–H groups in total. The molecule has 0 unspecified atom stereocenters.